The summed E-state index contributed by atoms with van der Waals surface area (Å²) in [5.74, 6) is 0.599. The molecule has 0 aliphatic carbocycles. The first kappa shape index (κ1) is 21.6. The van der Waals surface area contributed by atoms with Crippen LogP contribution in [0.25, 0.3) is 11.4 Å². The molecule has 0 radical (unpaired) electrons. The van der Waals surface area contributed by atoms with E-state index in [1.165, 1.54) is 11.8 Å². The van der Waals surface area contributed by atoms with Crippen molar-refractivity contribution in [1.82, 2.24) is 14.9 Å². The smallest absolute Gasteiger partial charge is 0.240 e. The van der Waals surface area contributed by atoms with Crippen molar-refractivity contribution in [3.8, 4) is 11.4 Å². The third-order valence-corrected chi connectivity index (χ3v) is 7.07. The van der Waals surface area contributed by atoms with Crippen molar-refractivity contribution in [3.63, 3.8) is 0 Å². The highest BCUT2D eigenvalue weighted by atomic mass is 35.5. The summed E-state index contributed by atoms with van der Waals surface area (Å²) in [7, 11) is 0. The number of benzene rings is 3. The summed E-state index contributed by atoms with van der Waals surface area (Å²) in [6, 6.07) is 23.1. The maximum absolute atomic E-state index is 13.5. The highest BCUT2D eigenvalue weighted by molar-refractivity contribution is 8.00. The summed E-state index contributed by atoms with van der Waals surface area (Å²) < 4.78 is 1.86. The number of carbonyl (C=O) groups excluding carboxylic acids is 1. The SMILES string of the molecule is Cc1ccc(C)c(NC(=O)[C@@H]2Sc3nnc(-c4ccccc4)n3N[C@H]2c2ccc(Cl)cc2)c1. The summed E-state index contributed by atoms with van der Waals surface area (Å²) in [4.78, 5) is 13.5. The second-order valence-electron chi connectivity index (χ2n) is 8.01. The van der Waals surface area contributed by atoms with Crippen LogP contribution in [0.3, 0.4) is 0 Å². The zero-order valence-corrected chi connectivity index (χ0v) is 19.7. The Kier molecular flexibility index (Phi) is 5.83. The van der Waals surface area contributed by atoms with Gasteiger partial charge in [-0.3, -0.25) is 4.79 Å². The van der Waals surface area contributed by atoms with Gasteiger partial charge in [-0.2, -0.15) is 0 Å². The first-order chi connectivity index (χ1) is 16.0. The summed E-state index contributed by atoms with van der Waals surface area (Å²) in [5.41, 5.74) is 8.30. The number of amides is 1. The van der Waals surface area contributed by atoms with E-state index < -0.39 is 5.25 Å². The summed E-state index contributed by atoms with van der Waals surface area (Å²) in [6.45, 7) is 4.00. The monoisotopic (exact) mass is 475 g/mol. The van der Waals surface area contributed by atoms with Gasteiger partial charge < -0.3 is 10.7 Å². The number of halogens is 1. The van der Waals surface area contributed by atoms with E-state index >= 15 is 0 Å². The number of anilines is 1. The molecule has 0 saturated heterocycles. The van der Waals surface area contributed by atoms with E-state index in [1.807, 2.05) is 91.3 Å². The van der Waals surface area contributed by atoms with Gasteiger partial charge in [0.25, 0.3) is 0 Å². The van der Waals surface area contributed by atoms with Gasteiger partial charge in [-0.25, -0.2) is 4.68 Å². The molecule has 8 heteroatoms. The van der Waals surface area contributed by atoms with Crippen molar-refractivity contribution < 1.29 is 4.79 Å². The van der Waals surface area contributed by atoms with E-state index in [-0.39, 0.29) is 11.9 Å². The number of nitrogens with zero attached hydrogens (tertiary/aromatic N) is 3. The molecule has 2 heterocycles. The number of fused-ring (bicyclic) bond motifs is 1. The predicted octanol–water partition coefficient (Wildman–Crippen LogP) is 5.61. The predicted molar refractivity (Wildman–Crippen MR) is 133 cm³/mol. The molecule has 6 nitrogen and oxygen atoms in total. The molecule has 1 amide bonds. The van der Waals surface area contributed by atoms with Crippen LogP contribution < -0.4 is 10.7 Å². The van der Waals surface area contributed by atoms with E-state index in [9.17, 15) is 4.79 Å². The molecule has 5 rings (SSSR count). The van der Waals surface area contributed by atoms with Gasteiger partial charge >= 0.3 is 0 Å². The minimum atomic E-state index is -0.466. The lowest BCUT2D eigenvalue weighted by Crippen LogP contribution is -2.41. The Hall–Kier alpha value is -3.29. The van der Waals surface area contributed by atoms with Gasteiger partial charge in [0.05, 0.1) is 6.04 Å². The number of thioether (sulfide) groups is 1. The van der Waals surface area contributed by atoms with Crippen LogP contribution in [0.5, 0.6) is 0 Å². The number of hydrogen-bond acceptors (Lipinski definition) is 5. The quantitative estimate of drug-likeness (QED) is 0.401. The van der Waals surface area contributed by atoms with Gasteiger partial charge in [0.1, 0.15) is 5.25 Å². The van der Waals surface area contributed by atoms with Crippen LogP contribution in [0.1, 0.15) is 22.7 Å². The Morgan fingerprint density at radius 1 is 1.03 bits per heavy atom. The molecule has 3 aromatic carbocycles. The standard InChI is InChI=1S/C25H22ClN5OS/c1-15-8-9-16(2)20(14-15)27-24(32)22-21(17-10-12-19(26)13-11-17)30-31-23(28-29-25(31)33-22)18-6-4-3-5-7-18/h3-14,21-22,30H,1-2H3,(H,27,32)/t21-,22+/m0/s1. The van der Waals surface area contributed by atoms with Crippen LogP contribution in [0.2, 0.25) is 5.02 Å². The van der Waals surface area contributed by atoms with E-state index in [2.05, 4.69) is 20.9 Å². The van der Waals surface area contributed by atoms with Crippen LogP contribution in [-0.2, 0) is 4.79 Å². The number of carbonyl (C=O) groups is 1. The number of aromatic nitrogens is 3. The van der Waals surface area contributed by atoms with Crippen LogP contribution in [0, 0.1) is 13.8 Å². The molecule has 0 bridgehead atoms. The number of rotatable bonds is 4. The Morgan fingerprint density at radius 2 is 1.79 bits per heavy atom. The highest BCUT2D eigenvalue weighted by Crippen LogP contribution is 2.39. The minimum Gasteiger partial charge on any atom is -0.325 e. The van der Waals surface area contributed by atoms with Gasteiger partial charge in [0.2, 0.25) is 11.1 Å². The van der Waals surface area contributed by atoms with Gasteiger partial charge in [0, 0.05) is 16.3 Å². The van der Waals surface area contributed by atoms with Crippen molar-refractivity contribution in [2.75, 3.05) is 10.7 Å². The maximum Gasteiger partial charge on any atom is 0.240 e. The molecule has 0 unspecified atom stereocenters. The van der Waals surface area contributed by atoms with Crippen LogP contribution >= 0.6 is 23.4 Å². The first-order valence-electron chi connectivity index (χ1n) is 10.6. The Labute approximate surface area is 201 Å². The van der Waals surface area contributed by atoms with E-state index in [0.717, 1.165) is 27.9 Å². The Morgan fingerprint density at radius 3 is 2.55 bits per heavy atom. The number of hydrogen-bond donors (Lipinski definition) is 2. The van der Waals surface area contributed by atoms with Crippen molar-refractivity contribution in [2.24, 2.45) is 0 Å². The zero-order chi connectivity index (χ0) is 22.9. The molecule has 1 aliphatic heterocycles. The molecule has 4 aromatic rings. The average molecular weight is 476 g/mol. The van der Waals surface area contributed by atoms with E-state index in [1.54, 1.807) is 0 Å². The first-order valence-corrected chi connectivity index (χ1v) is 11.8. The molecule has 1 aromatic heterocycles. The zero-order valence-electron chi connectivity index (χ0n) is 18.1. The normalized spacial score (nSPS) is 17.2. The van der Waals surface area contributed by atoms with Crippen molar-refractivity contribution >= 4 is 35.0 Å². The summed E-state index contributed by atoms with van der Waals surface area (Å²) in [5, 5.41) is 12.7. The fraction of sp³-hybridized carbons (Fsp3) is 0.160. The van der Waals surface area contributed by atoms with Crippen molar-refractivity contribution in [1.29, 1.82) is 0 Å². The summed E-state index contributed by atoms with van der Waals surface area (Å²) in [6.07, 6.45) is 0. The van der Waals surface area contributed by atoms with Gasteiger partial charge in [-0.05, 0) is 48.7 Å². The summed E-state index contributed by atoms with van der Waals surface area (Å²) >= 11 is 7.53. The molecule has 2 N–H and O–H groups in total. The lowest BCUT2D eigenvalue weighted by Gasteiger charge is -2.33. The number of aryl methyl sites for hydroxylation is 2. The molecule has 33 heavy (non-hydrogen) atoms. The average Bonchev–Trinajstić information content (AvgIpc) is 3.25. The second kappa shape index (κ2) is 8.92. The molecular weight excluding hydrogens is 454 g/mol. The fourth-order valence-corrected chi connectivity index (χ4v) is 5.03. The van der Waals surface area contributed by atoms with E-state index in [0.29, 0.717) is 16.0 Å². The molecule has 2 atom stereocenters. The third-order valence-electron chi connectivity index (χ3n) is 5.61. The van der Waals surface area contributed by atoms with Gasteiger partial charge in [-0.1, -0.05) is 78.0 Å². The lowest BCUT2D eigenvalue weighted by molar-refractivity contribution is -0.116. The molecular formula is C25H22ClN5OS. The highest BCUT2D eigenvalue weighted by Gasteiger charge is 2.38. The largest absolute Gasteiger partial charge is 0.325 e. The topological polar surface area (TPSA) is 71.8 Å². The number of nitrogens with one attached hydrogen (secondary N) is 2. The maximum atomic E-state index is 13.5. The lowest BCUT2D eigenvalue weighted by atomic mass is 10.0. The van der Waals surface area contributed by atoms with Gasteiger partial charge in [-0.15, -0.1) is 10.2 Å². The molecule has 1 aliphatic rings. The minimum absolute atomic E-state index is 0.100. The fourth-order valence-electron chi connectivity index (χ4n) is 3.82. The second-order valence-corrected chi connectivity index (χ2v) is 9.56. The molecule has 166 valence electrons. The third kappa shape index (κ3) is 4.34. The van der Waals surface area contributed by atoms with Crippen LogP contribution in [0.15, 0.2) is 78.0 Å². The van der Waals surface area contributed by atoms with Gasteiger partial charge in [0.15, 0.2) is 5.82 Å². The molecule has 0 fully saturated rings. The Bertz CT molecular complexity index is 1310. The van der Waals surface area contributed by atoms with Crippen molar-refractivity contribution in [3.05, 3.63) is 94.5 Å². The van der Waals surface area contributed by atoms with E-state index in [4.69, 9.17) is 11.6 Å². The van der Waals surface area contributed by atoms with Crippen LogP contribution in [0.4, 0.5) is 5.69 Å². The molecule has 0 saturated carbocycles. The van der Waals surface area contributed by atoms with Crippen LogP contribution in [-0.4, -0.2) is 26.0 Å². The van der Waals surface area contributed by atoms with Crippen molar-refractivity contribution in [2.45, 2.75) is 30.3 Å². The Balaban J connectivity index is 1.52. The molecule has 0 spiro atoms.